The van der Waals surface area contributed by atoms with Crippen molar-refractivity contribution in [3.05, 3.63) is 66.4 Å². The molecule has 0 radical (unpaired) electrons. The van der Waals surface area contributed by atoms with E-state index >= 15 is 0 Å². The molecule has 0 fully saturated rings. The monoisotopic (exact) mass is 281 g/mol. The van der Waals surface area contributed by atoms with Gasteiger partial charge in [-0.25, -0.2) is 4.79 Å². The Morgan fingerprint density at radius 1 is 1.05 bits per heavy atom. The maximum Gasteiger partial charge on any atom is 0.418 e. The predicted octanol–water partition coefficient (Wildman–Crippen LogP) is 3.83. The number of ether oxygens (including phenoxy) is 2. The van der Waals surface area contributed by atoms with Crippen LogP contribution in [0, 0.1) is 0 Å². The number of nitrogens with zero attached hydrogens (tertiary/aromatic N) is 1. The standard InChI is InChI=1S/C17H15NO3/c1-20-16-9-5-8-15-14(16)10-11-18(15)17(19)21-12-13-6-3-2-4-7-13/h2-11H,12H2,1H3. The molecule has 0 bridgehead atoms. The second-order valence-corrected chi connectivity index (χ2v) is 4.62. The third-order valence-corrected chi connectivity index (χ3v) is 3.31. The summed E-state index contributed by atoms with van der Waals surface area (Å²) >= 11 is 0. The van der Waals surface area contributed by atoms with Crippen LogP contribution in [0.15, 0.2) is 60.8 Å². The van der Waals surface area contributed by atoms with Crippen LogP contribution in [-0.2, 0) is 11.3 Å². The highest BCUT2D eigenvalue weighted by Crippen LogP contribution is 2.26. The van der Waals surface area contributed by atoms with Crippen LogP contribution >= 0.6 is 0 Å². The fraction of sp³-hybridized carbons (Fsp3) is 0.118. The van der Waals surface area contributed by atoms with E-state index in [0.717, 1.165) is 22.2 Å². The lowest BCUT2D eigenvalue weighted by Gasteiger charge is -2.07. The maximum absolute atomic E-state index is 12.2. The Morgan fingerprint density at radius 3 is 2.62 bits per heavy atom. The SMILES string of the molecule is COc1cccc2c1ccn2C(=O)OCc1ccccc1. The Hall–Kier alpha value is -2.75. The summed E-state index contributed by atoms with van der Waals surface area (Å²) in [6.07, 6.45) is 1.29. The molecule has 0 saturated carbocycles. The highest BCUT2D eigenvalue weighted by molar-refractivity contribution is 5.93. The number of rotatable bonds is 3. The molecule has 4 nitrogen and oxygen atoms in total. The van der Waals surface area contributed by atoms with Gasteiger partial charge >= 0.3 is 6.09 Å². The van der Waals surface area contributed by atoms with Gasteiger partial charge in [-0.2, -0.15) is 0 Å². The fourth-order valence-electron chi connectivity index (χ4n) is 2.27. The zero-order valence-electron chi connectivity index (χ0n) is 11.7. The zero-order chi connectivity index (χ0) is 14.7. The Labute approximate surface area is 122 Å². The molecule has 0 saturated heterocycles. The van der Waals surface area contributed by atoms with Gasteiger partial charge in [-0.05, 0) is 23.8 Å². The second kappa shape index (κ2) is 5.71. The molecule has 4 heteroatoms. The lowest BCUT2D eigenvalue weighted by Crippen LogP contribution is -2.12. The van der Waals surface area contributed by atoms with E-state index in [4.69, 9.17) is 9.47 Å². The van der Waals surface area contributed by atoms with Crippen LogP contribution in [0.2, 0.25) is 0 Å². The summed E-state index contributed by atoms with van der Waals surface area (Å²) in [6, 6.07) is 17.0. The Bertz CT molecular complexity index is 762. The minimum Gasteiger partial charge on any atom is -0.496 e. The molecule has 2 aromatic carbocycles. The summed E-state index contributed by atoms with van der Waals surface area (Å²) < 4.78 is 12.1. The predicted molar refractivity (Wildman–Crippen MR) is 80.5 cm³/mol. The normalized spacial score (nSPS) is 10.5. The van der Waals surface area contributed by atoms with Crippen molar-refractivity contribution < 1.29 is 14.3 Å². The van der Waals surface area contributed by atoms with Gasteiger partial charge in [-0.1, -0.05) is 36.4 Å². The number of methoxy groups -OCH3 is 1. The highest BCUT2D eigenvalue weighted by Gasteiger charge is 2.12. The number of hydrogen-bond acceptors (Lipinski definition) is 3. The lowest BCUT2D eigenvalue weighted by atomic mass is 10.2. The van der Waals surface area contributed by atoms with Gasteiger partial charge in [-0.3, -0.25) is 4.57 Å². The van der Waals surface area contributed by atoms with E-state index < -0.39 is 6.09 Å². The molecule has 0 spiro atoms. The topological polar surface area (TPSA) is 40.5 Å². The molecule has 21 heavy (non-hydrogen) atoms. The Balaban J connectivity index is 1.82. The van der Waals surface area contributed by atoms with Gasteiger partial charge in [0.1, 0.15) is 12.4 Å². The van der Waals surface area contributed by atoms with Crippen molar-refractivity contribution in [1.82, 2.24) is 4.57 Å². The van der Waals surface area contributed by atoms with Crippen molar-refractivity contribution in [2.75, 3.05) is 7.11 Å². The van der Waals surface area contributed by atoms with Crippen LogP contribution in [0.25, 0.3) is 10.9 Å². The van der Waals surface area contributed by atoms with Crippen LogP contribution in [0.5, 0.6) is 5.75 Å². The molecule has 3 rings (SSSR count). The molecular weight excluding hydrogens is 266 g/mol. The van der Waals surface area contributed by atoms with Crippen molar-refractivity contribution in [1.29, 1.82) is 0 Å². The number of hydrogen-bond donors (Lipinski definition) is 0. The van der Waals surface area contributed by atoms with E-state index in [2.05, 4.69) is 0 Å². The molecule has 0 aliphatic heterocycles. The molecular formula is C17H15NO3. The average molecular weight is 281 g/mol. The van der Waals surface area contributed by atoms with Gasteiger partial charge in [0.25, 0.3) is 0 Å². The van der Waals surface area contributed by atoms with Crippen molar-refractivity contribution in [3.63, 3.8) is 0 Å². The van der Waals surface area contributed by atoms with E-state index in [-0.39, 0.29) is 6.61 Å². The first-order valence-electron chi connectivity index (χ1n) is 6.64. The van der Waals surface area contributed by atoms with Crippen molar-refractivity contribution >= 4 is 17.0 Å². The van der Waals surface area contributed by atoms with E-state index in [1.54, 1.807) is 13.3 Å². The summed E-state index contributed by atoms with van der Waals surface area (Å²) in [7, 11) is 1.61. The summed E-state index contributed by atoms with van der Waals surface area (Å²) in [5.41, 5.74) is 1.73. The zero-order valence-corrected chi connectivity index (χ0v) is 11.7. The summed E-state index contributed by atoms with van der Waals surface area (Å²) in [4.78, 5) is 12.2. The molecule has 0 N–H and O–H groups in total. The van der Waals surface area contributed by atoms with Crippen LogP contribution < -0.4 is 4.74 Å². The highest BCUT2D eigenvalue weighted by atomic mass is 16.5. The van der Waals surface area contributed by atoms with Crippen molar-refractivity contribution in [3.8, 4) is 5.75 Å². The smallest absolute Gasteiger partial charge is 0.418 e. The van der Waals surface area contributed by atoms with Crippen LogP contribution in [0.1, 0.15) is 5.56 Å². The van der Waals surface area contributed by atoms with E-state index in [1.807, 2.05) is 54.6 Å². The largest absolute Gasteiger partial charge is 0.496 e. The Kier molecular flexibility index (Phi) is 3.60. The maximum atomic E-state index is 12.2. The van der Waals surface area contributed by atoms with E-state index in [0.29, 0.717) is 0 Å². The van der Waals surface area contributed by atoms with Crippen LogP contribution in [0.4, 0.5) is 4.79 Å². The third-order valence-electron chi connectivity index (χ3n) is 3.31. The molecule has 1 heterocycles. The quantitative estimate of drug-likeness (QED) is 0.732. The summed E-state index contributed by atoms with van der Waals surface area (Å²) in [5.74, 6) is 0.738. The van der Waals surface area contributed by atoms with Gasteiger partial charge in [0, 0.05) is 11.6 Å². The minimum atomic E-state index is -0.401. The molecule has 106 valence electrons. The summed E-state index contributed by atoms with van der Waals surface area (Å²) in [6.45, 7) is 0.253. The fourth-order valence-corrected chi connectivity index (χ4v) is 2.27. The second-order valence-electron chi connectivity index (χ2n) is 4.62. The number of carbonyl (C=O) groups excluding carboxylic acids is 1. The van der Waals surface area contributed by atoms with E-state index in [9.17, 15) is 4.79 Å². The molecule has 3 aromatic rings. The Morgan fingerprint density at radius 2 is 1.86 bits per heavy atom. The van der Waals surface area contributed by atoms with Gasteiger partial charge in [0.15, 0.2) is 0 Å². The van der Waals surface area contributed by atoms with Crippen LogP contribution in [0.3, 0.4) is 0 Å². The molecule has 0 aliphatic carbocycles. The van der Waals surface area contributed by atoms with Gasteiger partial charge in [0.2, 0.25) is 0 Å². The van der Waals surface area contributed by atoms with Gasteiger partial charge in [0.05, 0.1) is 12.6 Å². The number of benzene rings is 2. The van der Waals surface area contributed by atoms with Gasteiger partial charge in [-0.15, -0.1) is 0 Å². The van der Waals surface area contributed by atoms with Crippen molar-refractivity contribution in [2.45, 2.75) is 6.61 Å². The molecule has 0 atom stereocenters. The first kappa shape index (κ1) is 13.2. The molecule has 0 amide bonds. The summed E-state index contributed by atoms with van der Waals surface area (Å²) in [5, 5.41) is 0.886. The van der Waals surface area contributed by atoms with Gasteiger partial charge < -0.3 is 9.47 Å². The van der Waals surface area contributed by atoms with Crippen LogP contribution in [-0.4, -0.2) is 17.8 Å². The third kappa shape index (κ3) is 2.60. The first-order chi connectivity index (χ1) is 10.3. The van der Waals surface area contributed by atoms with Crippen molar-refractivity contribution in [2.24, 2.45) is 0 Å². The number of fused-ring (bicyclic) bond motifs is 1. The minimum absolute atomic E-state index is 0.253. The number of aromatic nitrogens is 1. The molecule has 1 aromatic heterocycles. The molecule has 0 unspecified atom stereocenters. The molecule has 0 aliphatic rings. The number of carbonyl (C=O) groups is 1. The first-order valence-corrected chi connectivity index (χ1v) is 6.64. The lowest BCUT2D eigenvalue weighted by molar-refractivity contribution is 0.142. The van der Waals surface area contributed by atoms with E-state index in [1.165, 1.54) is 4.57 Å². The average Bonchev–Trinajstić information content (AvgIpc) is 2.97.